The highest BCUT2D eigenvalue weighted by molar-refractivity contribution is 5.93. The molecule has 4 rings (SSSR count). The van der Waals surface area contributed by atoms with Crippen molar-refractivity contribution in [1.29, 1.82) is 0 Å². The highest BCUT2D eigenvalue weighted by atomic mass is 19.1. The van der Waals surface area contributed by atoms with Gasteiger partial charge in [0.1, 0.15) is 23.0 Å². The number of carbonyl (C=O) groups is 2. The van der Waals surface area contributed by atoms with Crippen LogP contribution in [0.5, 0.6) is 0 Å². The van der Waals surface area contributed by atoms with E-state index in [1.54, 1.807) is 4.90 Å². The second-order valence-corrected chi connectivity index (χ2v) is 8.07. The highest BCUT2D eigenvalue weighted by Crippen LogP contribution is 2.29. The molecule has 172 valence electrons. The normalized spacial score (nSPS) is 14.6. The van der Waals surface area contributed by atoms with E-state index in [4.69, 9.17) is 5.73 Å². The molecule has 2 heterocycles. The molecule has 0 atom stereocenters. The summed E-state index contributed by atoms with van der Waals surface area (Å²) < 4.78 is 43.7. The monoisotopic (exact) mass is 459 g/mol. The zero-order chi connectivity index (χ0) is 23.9. The van der Waals surface area contributed by atoms with Gasteiger partial charge in [0.15, 0.2) is 0 Å². The number of primary amides is 1. The molecule has 0 aliphatic carbocycles. The average molecular weight is 459 g/mol. The van der Waals surface area contributed by atoms with Crippen molar-refractivity contribution in [3.63, 3.8) is 0 Å². The molecule has 1 amide bonds. The Bertz CT molecular complexity index is 1310. The van der Waals surface area contributed by atoms with Crippen LogP contribution in [-0.2, 0) is 11.3 Å². The van der Waals surface area contributed by atoms with E-state index < -0.39 is 40.3 Å². The van der Waals surface area contributed by atoms with Gasteiger partial charge in [0, 0.05) is 43.2 Å². The van der Waals surface area contributed by atoms with Gasteiger partial charge in [-0.15, -0.1) is 0 Å². The number of nitrogens with zero attached hydrogens (tertiary/aromatic N) is 2. The summed E-state index contributed by atoms with van der Waals surface area (Å²) in [5, 5.41) is 9.26. The van der Waals surface area contributed by atoms with Gasteiger partial charge in [-0.2, -0.15) is 0 Å². The van der Waals surface area contributed by atoms with E-state index in [9.17, 15) is 28.3 Å². The molecule has 1 aliphatic rings. The third-order valence-corrected chi connectivity index (χ3v) is 5.89. The number of fused-ring (bicyclic) bond motifs is 1. The minimum atomic E-state index is -1.50. The van der Waals surface area contributed by atoms with Crippen LogP contribution in [-0.4, -0.2) is 34.6 Å². The first-order valence-corrected chi connectivity index (χ1v) is 10.2. The minimum absolute atomic E-state index is 0.152. The molecule has 3 N–H and O–H groups in total. The number of benzene rings is 2. The van der Waals surface area contributed by atoms with Crippen molar-refractivity contribution in [2.45, 2.75) is 19.4 Å². The van der Waals surface area contributed by atoms with Crippen LogP contribution in [0.25, 0.3) is 10.9 Å². The zero-order valence-corrected chi connectivity index (χ0v) is 17.4. The molecule has 2 aromatic carbocycles. The molecule has 3 aromatic rings. The lowest BCUT2D eigenvalue weighted by Crippen LogP contribution is -2.39. The first-order chi connectivity index (χ1) is 15.6. The van der Waals surface area contributed by atoms with Gasteiger partial charge in [0.2, 0.25) is 11.3 Å². The van der Waals surface area contributed by atoms with Crippen molar-refractivity contribution in [3.05, 3.63) is 75.3 Å². The molecule has 0 unspecified atom stereocenters. The van der Waals surface area contributed by atoms with E-state index >= 15 is 4.39 Å². The Hall–Kier alpha value is -3.82. The first kappa shape index (κ1) is 22.4. The summed E-state index contributed by atoms with van der Waals surface area (Å²) in [6, 6.07) is 5.28. The second kappa shape index (κ2) is 8.61. The van der Waals surface area contributed by atoms with E-state index in [2.05, 4.69) is 0 Å². The Kier molecular flexibility index (Phi) is 5.84. The van der Waals surface area contributed by atoms with Crippen LogP contribution in [0.1, 0.15) is 28.8 Å². The standard InChI is InChI=1S/C23H20F3N3O4/c24-14-5-12(6-15(25)7-14)10-29-11-17(23(32)33)21(30)16-8-18(26)20(9-19(16)29)28-3-1-13(2-4-28)22(27)31/h5-9,11,13H,1-4,10H2,(H2,27,31)(H,32,33). The van der Waals surface area contributed by atoms with Crippen LogP contribution in [0.4, 0.5) is 18.9 Å². The molecule has 7 nitrogen and oxygen atoms in total. The lowest BCUT2D eigenvalue weighted by atomic mass is 9.95. The average Bonchev–Trinajstić information content (AvgIpc) is 2.74. The number of aromatic nitrogens is 1. The van der Waals surface area contributed by atoms with Gasteiger partial charge in [0.05, 0.1) is 11.2 Å². The third-order valence-electron chi connectivity index (χ3n) is 5.89. The van der Waals surface area contributed by atoms with E-state index in [1.165, 1.54) is 10.6 Å². The van der Waals surface area contributed by atoms with Crippen molar-refractivity contribution >= 4 is 28.5 Å². The number of piperidine rings is 1. The Morgan fingerprint density at radius 2 is 1.67 bits per heavy atom. The molecular weight excluding hydrogens is 439 g/mol. The summed E-state index contributed by atoms with van der Waals surface area (Å²) in [6.07, 6.45) is 1.97. The van der Waals surface area contributed by atoms with Gasteiger partial charge in [-0.05, 0) is 42.7 Å². The molecule has 1 aromatic heterocycles. The highest BCUT2D eigenvalue weighted by Gasteiger charge is 2.26. The number of rotatable bonds is 5. The largest absolute Gasteiger partial charge is 0.477 e. The summed E-state index contributed by atoms with van der Waals surface area (Å²) in [6.45, 7) is 0.575. The minimum Gasteiger partial charge on any atom is -0.477 e. The predicted molar refractivity (Wildman–Crippen MR) is 115 cm³/mol. The second-order valence-electron chi connectivity index (χ2n) is 8.07. The first-order valence-electron chi connectivity index (χ1n) is 10.2. The van der Waals surface area contributed by atoms with Crippen LogP contribution < -0.4 is 16.1 Å². The number of anilines is 1. The van der Waals surface area contributed by atoms with Crippen molar-refractivity contribution in [2.24, 2.45) is 11.7 Å². The smallest absolute Gasteiger partial charge is 0.341 e. The molecule has 0 bridgehead atoms. The number of hydrogen-bond acceptors (Lipinski definition) is 4. The van der Waals surface area contributed by atoms with E-state index in [1.807, 2.05) is 0 Å². The maximum atomic E-state index is 15.0. The zero-order valence-electron chi connectivity index (χ0n) is 17.4. The Balaban J connectivity index is 1.84. The Labute approximate surface area is 185 Å². The third kappa shape index (κ3) is 4.41. The number of carboxylic acid groups (broad SMARTS) is 1. The lowest BCUT2D eigenvalue weighted by molar-refractivity contribution is -0.122. The number of pyridine rings is 1. The van der Waals surface area contributed by atoms with E-state index in [-0.39, 0.29) is 34.6 Å². The van der Waals surface area contributed by atoms with Crippen molar-refractivity contribution < 1.29 is 27.9 Å². The van der Waals surface area contributed by atoms with Crippen LogP contribution in [0.2, 0.25) is 0 Å². The predicted octanol–water partition coefficient (Wildman–Crippen LogP) is 2.87. The molecule has 0 radical (unpaired) electrons. The molecule has 10 heteroatoms. The lowest BCUT2D eigenvalue weighted by Gasteiger charge is -2.32. The molecule has 1 aliphatic heterocycles. The van der Waals surface area contributed by atoms with Gasteiger partial charge in [-0.25, -0.2) is 18.0 Å². The number of halogens is 3. The molecule has 33 heavy (non-hydrogen) atoms. The van der Waals surface area contributed by atoms with Crippen LogP contribution >= 0.6 is 0 Å². The van der Waals surface area contributed by atoms with Crippen LogP contribution in [0.3, 0.4) is 0 Å². The van der Waals surface area contributed by atoms with Gasteiger partial charge >= 0.3 is 5.97 Å². The van der Waals surface area contributed by atoms with Gasteiger partial charge in [0.25, 0.3) is 0 Å². The summed E-state index contributed by atoms with van der Waals surface area (Å²) in [4.78, 5) is 37.4. The SMILES string of the molecule is NC(=O)C1CCN(c2cc3c(cc2F)c(=O)c(C(=O)O)cn3Cc2cc(F)cc(F)c2)CC1. The number of hydrogen-bond donors (Lipinski definition) is 2. The summed E-state index contributed by atoms with van der Waals surface area (Å²) in [7, 11) is 0. The summed E-state index contributed by atoms with van der Waals surface area (Å²) in [5.74, 6) is -4.55. The summed E-state index contributed by atoms with van der Waals surface area (Å²) in [5.41, 5.74) is 4.48. The maximum absolute atomic E-state index is 15.0. The van der Waals surface area contributed by atoms with Crippen molar-refractivity contribution in [3.8, 4) is 0 Å². The number of aromatic carboxylic acids is 1. The van der Waals surface area contributed by atoms with Gasteiger partial charge in [-0.3, -0.25) is 9.59 Å². The maximum Gasteiger partial charge on any atom is 0.341 e. The fraction of sp³-hybridized carbons (Fsp3) is 0.261. The number of carboxylic acids is 1. The fourth-order valence-electron chi connectivity index (χ4n) is 4.23. The molecule has 0 saturated carbocycles. The molecule has 1 fully saturated rings. The number of nitrogens with two attached hydrogens (primary N) is 1. The van der Waals surface area contributed by atoms with Gasteiger partial charge < -0.3 is 20.3 Å². The molecular formula is C23H20F3N3O4. The van der Waals surface area contributed by atoms with Crippen LogP contribution in [0.15, 0.2) is 41.3 Å². The quantitative estimate of drug-likeness (QED) is 0.611. The summed E-state index contributed by atoms with van der Waals surface area (Å²) >= 11 is 0. The Morgan fingerprint density at radius 3 is 2.24 bits per heavy atom. The van der Waals surface area contributed by atoms with Crippen molar-refractivity contribution in [2.75, 3.05) is 18.0 Å². The molecule has 1 saturated heterocycles. The van der Waals surface area contributed by atoms with E-state index in [0.717, 1.165) is 24.4 Å². The van der Waals surface area contributed by atoms with Crippen molar-refractivity contribution in [1.82, 2.24) is 4.57 Å². The molecule has 0 spiro atoms. The number of amides is 1. The topological polar surface area (TPSA) is 106 Å². The van der Waals surface area contributed by atoms with E-state index in [0.29, 0.717) is 32.0 Å². The van der Waals surface area contributed by atoms with Crippen LogP contribution in [0, 0.1) is 23.4 Å². The fourth-order valence-corrected chi connectivity index (χ4v) is 4.23. The number of carbonyl (C=O) groups excluding carboxylic acids is 1. The Morgan fingerprint density at radius 1 is 1.03 bits per heavy atom. The van der Waals surface area contributed by atoms with Gasteiger partial charge in [-0.1, -0.05) is 0 Å².